The predicted octanol–water partition coefficient (Wildman–Crippen LogP) is 4.37. The van der Waals surface area contributed by atoms with E-state index in [1.165, 1.54) is 70.8 Å². The van der Waals surface area contributed by atoms with Crippen molar-refractivity contribution in [2.45, 2.75) is 71.1 Å². The van der Waals surface area contributed by atoms with Gasteiger partial charge in [0.25, 0.3) is 0 Å². The Labute approximate surface area is 108 Å². The van der Waals surface area contributed by atoms with Gasteiger partial charge in [0.2, 0.25) is 0 Å². The Morgan fingerprint density at radius 2 is 1.59 bits per heavy atom. The highest BCUT2D eigenvalue weighted by Crippen LogP contribution is 2.37. The third-order valence-corrected chi connectivity index (χ3v) is 5.08. The monoisotopic (exact) mass is 237 g/mol. The Hall–Kier alpha value is -0.0400. The van der Waals surface area contributed by atoms with Crippen LogP contribution in [-0.4, -0.2) is 13.1 Å². The summed E-state index contributed by atoms with van der Waals surface area (Å²) >= 11 is 0. The summed E-state index contributed by atoms with van der Waals surface area (Å²) in [4.78, 5) is 0. The fraction of sp³-hybridized carbons (Fsp3) is 1.00. The van der Waals surface area contributed by atoms with Crippen LogP contribution in [0.5, 0.6) is 0 Å². The minimum atomic E-state index is 0.987. The average molecular weight is 237 g/mol. The van der Waals surface area contributed by atoms with Crippen LogP contribution in [0, 0.1) is 17.8 Å². The smallest absolute Gasteiger partial charge is 0.00179 e. The van der Waals surface area contributed by atoms with Crippen molar-refractivity contribution in [3.05, 3.63) is 0 Å². The normalized spacial score (nSPS) is 25.2. The predicted molar refractivity (Wildman–Crippen MR) is 75.2 cm³/mol. The molecule has 0 heterocycles. The highest BCUT2D eigenvalue weighted by molar-refractivity contribution is 4.80. The van der Waals surface area contributed by atoms with Crippen LogP contribution < -0.4 is 5.32 Å². The summed E-state index contributed by atoms with van der Waals surface area (Å²) in [5.74, 6) is 3.10. The van der Waals surface area contributed by atoms with Gasteiger partial charge in [-0.3, -0.25) is 0 Å². The van der Waals surface area contributed by atoms with Crippen molar-refractivity contribution in [1.82, 2.24) is 5.32 Å². The average Bonchev–Trinajstić information content (AvgIpc) is 2.89. The summed E-state index contributed by atoms with van der Waals surface area (Å²) < 4.78 is 0. The van der Waals surface area contributed by atoms with Gasteiger partial charge in [0, 0.05) is 0 Å². The second-order valence-electron chi connectivity index (χ2n) is 6.35. The topological polar surface area (TPSA) is 12.0 Å². The summed E-state index contributed by atoms with van der Waals surface area (Å²) in [6.07, 6.45) is 15.1. The van der Waals surface area contributed by atoms with Crippen molar-refractivity contribution in [1.29, 1.82) is 0 Å². The second kappa shape index (κ2) is 7.41. The van der Waals surface area contributed by atoms with Crippen LogP contribution in [0.15, 0.2) is 0 Å². The van der Waals surface area contributed by atoms with Crippen LogP contribution in [0.2, 0.25) is 0 Å². The molecule has 17 heavy (non-hydrogen) atoms. The van der Waals surface area contributed by atoms with E-state index in [-0.39, 0.29) is 0 Å². The molecule has 0 aromatic carbocycles. The Kier molecular flexibility index (Phi) is 5.84. The van der Waals surface area contributed by atoms with Gasteiger partial charge in [-0.1, -0.05) is 64.7 Å². The SMILES string of the molecule is CCNCC(CC1CCCCC1)C1CCCC1. The van der Waals surface area contributed by atoms with E-state index >= 15 is 0 Å². The summed E-state index contributed by atoms with van der Waals surface area (Å²) in [6, 6.07) is 0. The van der Waals surface area contributed by atoms with Crippen molar-refractivity contribution in [2.24, 2.45) is 17.8 Å². The zero-order chi connectivity index (χ0) is 11.9. The van der Waals surface area contributed by atoms with Crippen LogP contribution >= 0.6 is 0 Å². The molecule has 2 fully saturated rings. The number of rotatable bonds is 6. The zero-order valence-electron chi connectivity index (χ0n) is 11.7. The van der Waals surface area contributed by atoms with Gasteiger partial charge in [0.05, 0.1) is 0 Å². The first-order chi connectivity index (χ1) is 8.40. The van der Waals surface area contributed by atoms with E-state index in [9.17, 15) is 0 Å². The van der Waals surface area contributed by atoms with E-state index < -0.39 is 0 Å². The van der Waals surface area contributed by atoms with Crippen molar-refractivity contribution < 1.29 is 0 Å². The molecular formula is C16H31N. The zero-order valence-corrected chi connectivity index (χ0v) is 11.7. The highest BCUT2D eigenvalue weighted by Gasteiger charge is 2.27. The highest BCUT2D eigenvalue weighted by atomic mass is 14.8. The lowest BCUT2D eigenvalue weighted by Crippen LogP contribution is -2.29. The fourth-order valence-corrected chi connectivity index (χ4v) is 4.05. The molecule has 0 amide bonds. The molecule has 0 aromatic heterocycles. The van der Waals surface area contributed by atoms with Gasteiger partial charge in [-0.05, 0) is 37.3 Å². The fourth-order valence-electron chi connectivity index (χ4n) is 4.05. The molecule has 0 saturated heterocycles. The molecule has 2 rings (SSSR count). The molecular weight excluding hydrogens is 206 g/mol. The quantitative estimate of drug-likeness (QED) is 0.723. The third kappa shape index (κ3) is 4.28. The molecule has 2 aliphatic rings. The minimum absolute atomic E-state index is 0.987. The standard InChI is InChI=1S/C16H31N/c1-2-17-13-16(15-10-6-7-11-15)12-14-8-4-3-5-9-14/h14-17H,2-13H2,1H3. The van der Waals surface area contributed by atoms with Gasteiger partial charge >= 0.3 is 0 Å². The van der Waals surface area contributed by atoms with Crippen molar-refractivity contribution in [2.75, 3.05) is 13.1 Å². The molecule has 2 aliphatic carbocycles. The van der Waals surface area contributed by atoms with Crippen LogP contribution in [0.3, 0.4) is 0 Å². The maximum atomic E-state index is 3.61. The molecule has 1 unspecified atom stereocenters. The van der Waals surface area contributed by atoms with Crippen LogP contribution in [0.1, 0.15) is 71.1 Å². The van der Waals surface area contributed by atoms with Gasteiger partial charge in [-0.25, -0.2) is 0 Å². The van der Waals surface area contributed by atoms with Crippen LogP contribution in [0.4, 0.5) is 0 Å². The first kappa shape index (κ1) is 13.4. The molecule has 0 bridgehead atoms. The van der Waals surface area contributed by atoms with Crippen LogP contribution in [-0.2, 0) is 0 Å². The maximum absolute atomic E-state index is 3.61. The molecule has 1 atom stereocenters. The molecule has 0 spiro atoms. The molecule has 0 radical (unpaired) electrons. The Balaban J connectivity index is 1.80. The van der Waals surface area contributed by atoms with E-state index in [1.807, 2.05) is 0 Å². The summed E-state index contributed by atoms with van der Waals surface area (Å²) in [5, 5.41) is 3.61. The van der Waals surface area contributed by atoms with Gasteiger partial charge in [-0.2, -0.15) is 0 Å². The lowest BCUT2D eigenvalue weighted by molar-refractivity contribution is 0.226. The van der Waals surface area contributed by atoms with Crippen molar-refractivity contribution in [3.63, 3.8) is 0 Å². The molecule has 2 saturated carbocycles. The molecule has 1 N–H and O–H groups in total. The molecule has 100 valence electrons. The van der Waals surface area contributed by atoms with Gasteiger partial charge in [0.15, 0.2) is 0 Å². The lowest BCUT2D eigenvalue weighted by Gasteiger charge is -2.30. The largest absolute Gasteiger partial charge is 0.317 e. The lowest BCUT2D eigenvalue weighted by atomic mass is 9.78. The Bertz CT molecular complexity index is 190. The molecule has 1 nitrogen and oxygen atoms in total. The number of nitrogens with one attached hydrogen (secondary N) is 1. The Morgan fingerprint density at radius 3 is 2.24 bits per heavy atom. The van der Waals surface area contributed by atoms with Gasteiger partial charge in [0.1, 0.15) is 0 Å². The minimum Gasteiger partial charge on any atom is -0.317 e. The van der Waals surface area contributed by atoms with Gasteiger partial charge in [-0.15, -0.1) is 0 Å². The van der Waals surface area contributed by atoms with E-state index in [1.54, 1.807) is 0 Å². The van der Waals surface area contributed by atoms with Crippen molar-refractivity contribution >= 4 is 0 Å². The maximum Gasteiger partial charge on any atom is -0.00179 e. The summed E-state index contributed by atoms with van der Waals surface area (Å²) in [7, 11) is 0. The number of hydrogen-bond donors (Lipinski definition) is 1. The Morgan fingerprint density at radius 1 is 0.941 bits per heavy atom. The third-order valence-electron chi connectivity index (χ3n) is 5.08. The first-order valence-electron chi connectivity index (χ1n) is 8.11. The molecule has 1 heteroatoms. The van der Waals surface area contributed by atoms with E-state index in [0.717, 1.165) is 24.3 Å². The summed E-state index contributed by atoms with van der Waals surface area (Å²) in [5.41, 5.74) is 0. The van der Waals surface area contributed by atoms with E-state index in [4.69, 9.17) is 0 Å². The summed E-state index contributed by atoms with van der Waals surface area (Å²) in [6.45, 7) is 4.68. The van der Waals surface area contributed by atoms with Crippen LogP contribution in [0.25, 0.3) is 0 Å². The van der Waals surface area contributed by atoms with E-state index in [0.29, 0.717) is 0 Å². The number of hydrogen-bond acceptors (Lipinski definition) is 1. The molecule has 0 aliphatic heterocycles. The second-order valence-corrected chi connectivity index (χ2v) is 6.35. The van der Waals surface area contributed by atoms with E-state index in [2.05, 4.69) is 12.2 Å². The molecule has 0 aromatic rings. The first-order valence-corrected chi connectivity index (χ1v) is 8.11. The van der Waals surface area contributed by atoms with Gasteiger partial charge < -0.3 is 5.32 Å². The van der Waals surface area contributed by atoms with Crippen molar-refractivity contribution in [3.8, 4) is 0 Å².